The quantitative estimate of drug-likeness (QED) is 0.695. The molecule has 1 rings (SSSR count). The van der Waals surface area contributed by atoms with Crippen LogP contribution in [0.1, 0.15) is 17.7 Å². The average Bonchev–Trinajstić information content (AvgIpc) is 2.04. The highest BCUT2D eigenvalue weighted by atomic mass is 19.3. The fraction of sp³-hybridized carbons (Fsp3) is 0.286. The molecule has 0 aliphatic heterocycles. The fourth-order valence-corrected chi connectivity index (χ4v) is 0.751. The number of pyridine rings is 1. The van der Waals surface area contributed by atoms with E-state index in [0.717, 1.165) is 6.07 Å². The van der Waals surface area contributed by atoms with Crippen LogP contribution in [0.3, 0.4) is 0 Å². The normalized spacial score (nSPS) is 10.8. The van der Waals surface area contributed by atoms with Crippen LogP contribution in [-0.4, -0.2) is 4.98 Å². The van der Waals surface area contributed by atoms with Crippen molar-refractivity contribution in [2.24, 2.45) is 5.73 Å². The summed E-state index contributed by atoms with van der Waals surface area (Å²) < 4.78 is 36.5. The minimum absolute atomic E-state index is 0.0393. The minimum Gasteiger partial charge on any atom is -0.326 e. The first kappa shape index (κ1) is 8.99. The summed E-state index contributed by atoms with van der Waals surface area (Å²) in [4.78, 5) is 3.05. The van der Waals surface area contributed by atoms with Crippen LogP contribution in [0.2, 0.25) is 0 Å². The minimum atomic E-state index is -2.74. The summed E-state index contributed by atoms with van der Waals surface area (Å²) in [6.07, 6.45) is -2.74. The summed E-state index contributed by atoms with van der Waals surface area (Å²) in [7, 11) is 0. The topological polar surface area (TPSA) is 38.9 Å². The highest BCUT2D eigenvalue weighted by molar-refractivity contribution is 5.15. The van der Waals surface area contributed by atoms with Gasteiger partial charge in [0.1, 0.15) is 5.69 Å². The van der Waals surface area contributed by atoms with Gasteiger partial charge in [0.15, 0.2) is 0 Å². The Morgan fingerprint density at radius 3 is 2.50 bits per heavy atom. The number of nitrogens with two attached hydrogens (primary N) is 1. The van der Waals surface area contributed by atoms with Gasteiger partial charge in [0.2, 0.25) is 5.95 Å². The fourth-order valence-electron chi connectivity index (χ4n) is 0.751. The molecule has 0 aliphatic rings. The van der Waals surface area contributed by atoms with E-state index >= 15 is 0 Å². The monoisotopic (exact) mass is 176 g/mol. The molecule has 1 heterocycles. The summed E-state index contributed by atoms with van der Waals surface area (Å²) in [6.45, 7) is -0.0393. The molecular weight excluding hydrogens is 169 g/mol. The molecule has 0 aromatic carbocycles. The number of hydrogen-bond donors (Lipinski definition) is 1. The molecule has 0 atom stereocenters. The maximum absolute atomic E-state index is 12.7. The van der Waals surface area contributed by atoms with Gasteiger partial charge >= 0.3 is 0 Å². The zero-order valence-corrected chi connectivity index (χ0v) is 6.10. The van der Waals surface area contributed by atoms with Gasteiger partial charge in [-0.3, -0.25) is 0 Å². The molecule has 0 bridgehead atoms. The second kappa shape index (κ2) is 3.53. The molecule has 0 unspecified atom stereocenters. The van der Waals surface area contributed by atoms with Gasteiger partial charge in [-0.1, -0.05) is 6.07 Å². The average molecular weight is 176 g/mol. The van der Waals surface area contributed by atoms with Crippen molar-refractivity contribution in [2.45, 2.75) is 13.0 Å². The Morgan fingerprint density at radius 2 is 2.08 bits per heavy atom. The van der Waals surface area contributed by atoms with E-state index < -0.39 is 18.1 Å². The van der Waals surface area contributed by atoms with E-state index in [4.69, 9.17) is 5.73 Å². The number of halogens is 3. The Labute approximate surface area is 67.2 Å². The molecule has 0 radical (unpaired) electrons. The van der Waals surface area contributed by atoms with Crippen molar-refractivity contribution in [3.63, 3.8) is 0 Å². The Bertz CT molecular complexity index is 275. The van der Waals surface area contributed by atoms with Crippen LogP contribution < -0.4 is 5.73 Å². The Kier molecular flexibility index (Phi) is 2.65. The van der Waals surface area contributed by atoms with Crippen LogP contribution in [0.25, 0.3) is 0 Å². The standard InChI is InChI=1S/C7H7F3N2/c8-6(9)5-2-1-4(3-11)7(10)12-5/h1-2,6H,3,11H2. The van der Waals surface area contributed by atoms with E-state index in [2.05, 4.69) is 4.98 Å². The van der Waals surface area contributed by atoms with Crippen LogP contribution >= 0.6 is 0 Å². The number of nitrogens with zero attached hydrogens (tertiary/aromatic N) is 1. The van der Waals surface area contributed by atoms with Gasteiger partial charge < -0.3 is 5.73 Å². The second-order valence-corrected chi connectivity index (χ2v) is 2.19. The molecule has 0 amide bonds. The highest BCUT2D eigenvalue weighted by Crippen LogP contribution is 2.17. The molecule has 2 N–H and O–H groups in total. The van der Waals surface area contributed by atoms with Gasteiger partial charge in [-0.15, -0.1) is 0 Å². The van der Waals surface area contributed by atoms with Gasteiger partial charge in [0.05, 0.1) is 0 Å². The zero-order chi connectivity index (χ0) is 9.14. The lowest BCUT2D eigenvalue weighted by Gasteiger charge is -2.01. The van der Waals surface area contributed by atoms with Gasteiger partial charge in [0, 0.05) is 12.1 Å². The molecule has 1 aromatic rings. The molecule has 2 nitrogen and oxygen atoms in total. The van der Waals surface area contributed by atoms with Crippen LogP contribution in [-0.2, 0) is 6.54 Å². The molecule has 0 spiro atoms. The number of alkyl halides is 2. The SMILES string of the molecule is NCc1ccc(C(F)F)nc1F. The predicted octanol–water partition coefficient (Wildman–Crippen LogP) is 1.62. The predicted molar refractivity (Wildman–Crippen MR) is 37.0 cm³/mol. The molecular formula is C7H7F3N2. The zero-order valence-electron chi connectivity index (χ0n) is 6.10. The highest BCUT2D eigenvalue weighted by Gasteiger charge is 2.11. The third-order valence-corrected chi connectivity index (χ3v) is 1.39. The molecule has 0 saturated heterocycles. The third kappa shape index (κ3) is 1.73. The van der Waals surface area contributed by atoms with E-state index in [1.54, 1.807) is 0 Å². The van der Waals surface area contributed by atoms with Crippen LogP contribution in [0, 0.1) is 5.95 Å². The van der Waals surface area contributed by atoms with Crippen molar-refractivity contribution in [1.82, 2.24) is 4.98 Å². The largest absolute Gasteiger partial charge is 0.326 e. The molecule has 0 saturated carbocycles. The first-order chi connectivity index (χ1) is 5.65. The van der Waals surface area contributed by atoms with E-state index in [1.807, 2.05) is 0 Å². The van der Waals surface area contributed by atoms with Gasteiger partial charge in [-0.25, -0.2) is 13.8 Å². The Hall–Kier alpha value is -1.10. The third-order valence-electron chi connectivity index (χ3n) is 1.39. The van der Waals surface area contributed by atoms with Gasteiger partial charge in [-0.2, -0.15) is 4.39 Å². The first-order valence-electron chi connectivity index (χ1n) is 3.28. The molecule has 5 heteroatoms. The van der Waals surface area contributed by atoms with E-state index in [0.29, 0.717) is 0 Å². The van der Waals surface area contributed by atoms with E-state index in [9.17, 15) is 13.2 Å². The van der Waals surface area contributed by atoms with Crippen LogP contribution in [0.5, 0.6) is 0 Å². The first-order valence-corrected chi connectivity index (χ1v) is 3.28. The lowest BCUT2D eigenvalue weighted by atomic mass is 10.2. The van der Waals surface area contributed by atoms with Gasteiger partial charge in [0.25, 0.3) is 6.43 Å². The van der Waals surface area contributed by atoms with Crippen molar-refractivity contribution in [3.8, 4) is 0 Å². The maximum Gasteiger partial charge on any atom is 0.280 e. The summed E-state index contributed by atoms with van der Waals surface area (Å²) >= 11 is 0. The smallest absolute Gasteiger partial charge is 0.280 e. The van der Waals surface area contributed by atoms with E-state index in [-0.39, 0.29) is 12.1 Å². The number of hydrogen-bond acceptors (Lipinski definition) is 2. The lowest BCUT2D eigenvalue weighted by Crippen LogP contribution is -2.03. The molecule has 1 aromatic heterocycles. The van der Waals surface area contributed by atoms with Gasteiger partial charge in [-0.05, 0) is 6.07 Å². The summed E-state index contributed by atoms with van der Waals surface area (Å²) in [6, 6.07) is 2.28. The number of rotatable bonds is 2. The second-order valence-electron chi connectivity index (χ2n) is 2.19. The molecule has 0 aliphatic carbocycles. The van der Waals surface area contributed by atoms with Crippen LogP contribution in [0.4, 0.5) is 13.2 Å². The van der Waals surface area contributed by atoms with Crippen molar-refractivity contribution >= 4 is 0 Å². The van der Waals surface area contributed by atoms with Crippen molar-refractivity contribution in [3.05, 3.63) is 29.3 Å². The Morgan fingerprint density at radius 1 is 1.42 bits per heavy atom. The Balaban J connectivity index is 3.02. The summed E-state index contributed by atoms with van der Waals surface area (Å²) in [5.41, 5.74) is 4.68. The molecule has 12 heavy (non-hydrogen) atoms. The molecule has 66 valence electrons. The number of aromatic nitrogens is 1. The molecule has 0 fully saturated rings. The van der Waals surface area contributed by atoms with Crippen molar-refractivity contribution in [1.29, 1.82) is 0 Å². The van der Waals surface area contributed by atoms with Crippen molar-refractivity contribution in [2.75, 3.05) is 0 Å². The van der Waals surface area contributed by atoms with Crippen molar-refractivity contribution < 1.29 is 13.2 Å². The van der Waals surface area contributed by atoms with E-state index in [1.165, 1.54) is 6.07 Å². The maximum atomic E-state index is 12.7. The van der Waals surface area contributed by atoms with Crippen LogP contribution in [0.15, 0.2) is 12.1 Å². The summed E-state index contributed by atoms with van der Waals surface area (Å²) in [5.74, 6) is -0.921. The lowest BCUT2D eigenvalue weighted by molar-refractivity contribution is 0.144. The summed E-state index contributed by atoms with van der Waals surface area (Å²) in [5, 5.41) is 0.